The van der Waals surface area contributed by atoms with Gasteiger partial charge in [0.15, 0.2) is 0 Å². The van der Waals surface area contributed by atoms with Crippen LogP contribution in [0.4, 0.5) is 18.9 Å². The zero-order valence-corrected chi connectivity index (χ0v) is 19.9. The summed E-state index contributed by atoms with van der Waals surface area (Å²) in [5.41, 5.74) is 2.77. The molecular weight excluding hydrogens is 473 g/mol. The molecule has 36 heavy (non-hydrogen) atoms. The van der Waals surface area contributed by atoms with E-state index >= 15 is 0 Å². The van der Waals surface area contributed by atoms with Gasteiger partial charge in [-0.3, -0.25) is 0 Å². The number of benzene rings is 2. The number of alkyl halides is 3. The van der Waals surface area contributed by atoms with Crippen molar-refractivity contribution in [2.45, 2.75) is 39.6 Å². The van der Waals surface area contributed by atoms with E-state index in [1.165, 1.54) is 42.8 Å². The molecule has 1 aliphatic heterocycles. The quantitative estimate of drug-likeness (QED) is 0.348. The highest BCUT2D eigenvalue weighted by Crippen LogP contribution is 2.28. The molecule has 0 unspecified atom stereocenters. The van der Waals surface area contributed by atoms with Gasteiger partial charge in [-0.2, -0.15) is 0 Å². The summed E-state index contributed by atoms with van der Waals surface area (Å²) in [6.07, 6.45) is -2.35. The van der Waals surface area contributed by atoms with Crippen LogP contribution < -0.4 is 9.64 Å². The van der Waals surface area contributed by atoms with E-state index < -0.39 is 6.36 Å². The summed E-state index contributed by atoms with van der Waals surface area (Å²) in [6.45, 7) is 6.82. The lowest BCUT2D eigenvalue weighted by Crippen LogP contribution is -2.32. The molecule has 3 heterocycles. The van der Waals surface area contributed by atoms with Crippen LogP contribution in [0.25, 0.3) is 23.2 Å². The fourth-order valence-corrected chi connectivity index (χ4v) is 4.18. The first-order valence-corrected chi connectivity index (χ1v) is 11.7. The van der Waals surface area contributed by atoms with Gasteiger partial charge in [-0.05, 0) is 67.6 Å². The maximum absolute atomic E-state index is 12.4. The van der Waals surface area contributed by atoms with Gasteiger partial charge < -0.3 is 14.1 Å². The van der Waals surface area contributed by atoms with Gasteiger partial charge in [0, 0.05) is 24.3 Å². The van der Waals surface area contributed by atoms with Crippen molar-refractivity contribution in [2.24, 2.45) is 5.92 Å². The van der Waals surface area contributed by atoms with Crippen molar-refractivity contribution in [3.05, 3.63) is 59.9 Å². The van der Waals surface area contributed by atoms with Gasteiger partial charge in [-0.25, -0.2) is 9.67 Å². The van der Waals surface area contributed by atoms with Gasteiger partial charge in [0.05, 0.1) is 6.54 Å². The third-order valence-corrected chi connectivity index (χ3v) is 6.20. The number of rotatable bonds is 6. The van der Waals surface area contributed by atoms with Crippen molar-refractivity contribution in [1.29, 1.82) is 0 Å². The lowest BCUT2D eigenvalue weighted by atomic mass is 9.98. The minimum absolute atomic E-state index is 0.124. The van der Waals surface area contributed by atoms with Crippen LogP contribution in [0.15, 0.2) is 52.9 Å². The Kier molecular flexibility index (Phi) is 6.38. The summed E-state index contributed by atoms with van der Waals surface area (Å²) < 4.78 is 48.4. The Morgan fingerprint density at radius 3 is 2.47 bits per heavy atom. The number of hydrogen-bond acceptors (Lipinski definition) is 7. The molecule has 8 nitrogen and oxygen atoms in total. The largest absolute Gasteiger partial charge is 0.573 e. The third kappa shape index (κ3) is 5.50. The topological polar surface area (TPSA) is 82.1 Å². The maximum Gasteiger partial charge on any atom is 0.573 e. The number of ether oxygens (including phenoxy) is 1. The molecule has 0 amide bonds. The second-order valence-corrected chi connectivity index (χ2v) is 8.96. The fraction of sp³-hybridized carbons (Fsp3) is 0.360. The summed E-state index contributed by atoms with van der Waals surface area (Å²) in [5, 5.41) is 12.5. The van der Waals surface area contributed by atoms with E-state index in [2.05, 4.69) is 61.1 Å². The Balaban J connectivity index is 1.29. The van der Waals surface area contributed by atoms with E-state index in [9.17, 15) is 13.2 Å². The zero-order valence-electron chi connectivity index (χ0n) is 19.9. The van der Waals surface area contributed by atoms with Crippen LogP contribution in [0.2, 0.25) is 0 Å². The van der Waals surface area contributed by atoms with Crippen LogP contribution >= 0.6 is 0 Å². The number of piperidine rings is 1. The number of halogens is 3. The van der Waals surface area contributed by atoms with Crippen molar-refractivity contribution in [3.63, 3.8) is 0 Å². The van der Waals surface area contributed by atoms with Crippen molar-refractivity contribution in [3.8, 4) is 28.9 Å². The molecule has 0 bridgehead atoms. The van der Waals surface area contributed by atoms with E-state index in [-0.39, 0.29) is 23.4 Å². The number of aryl methyl sites for hydroxylation is 1. The van der Waals surface area contributed by atoms with E-state index in [1.54, 1.807) is 4.68 Å². The average molecular weight is 499 g/mol. The molecule has 0 spiro atoms. The molecule has 0 saturated carbocycles. The lowest BCUT2D eigenvalue weighted by molar-refractivity contribution is -0.274. The van der Waals surface area contributed by atoms with E-state index in [1.807, 2.05) is 6.92 Å². The highest BCUT2D eigenvalue weighted by Gasteiger charge is 2.31. The van der Waals surface area contributed by atoms with Gasteiger partial charge in [0.25, 0.3) is 5.89 Å². The smallest absolute Gasteiger partial charge is 0.413 e. The molecule has 4 aromatic rings. The number of hydrogen-bond donors (Lipinski definition) is 0. The minimum Gasteiger partial charge on any atom is -0.413 e. The molecule has 0 radical (unpaired) electrons. The van der Waals surface area contributed by atoms with Crippen LogP contribution in [0.1, 0.15) is 31.2 Å². The molecule has 5 rings (SSSR count). The third-order valence-electron chi connectivity index (χ3n) is 6.20. The average Bonchev–Trinajstić information content (AvgIpc) is 3.47. The predicted octanol–water partition coefficient (Wildman–Crippen LogP) is 5.49. The minimum atomic E-state index is -4.75. The number of aromatic nitrogens is 5. The van der Waals surface area contributed by atoms with Crippen molar-refractivity contribution >= 4 is 5.69 Å². The standard InChI is InChI=1S/C25H25F3N6O2/c1-16-10-12-33(13-11-16)20-5-3-4-18(14-20)15-34-17(2)29-22(32-34)24-31-30-23(35-24)19-6-8-21(9-7-19)36-25(26,27)28/h3-9,14,16H,10-13,15H2,1-2H3. The second kappa shape index (κ2) is 9.63. The molecule has 2 aromatic carbocycles. The van der Waals surface area contributed by atoms with E-state index in [4.69, 9.17) is 4.42 Å². The summed E-state index contributed by atoms with van der Waals surface area (Å²) in [5.74, 6) is 1.68. The Morgan fingerprint density at radius 1 is 1.03 bits per heavy atom. The molecule has 188 valence electrons. The Hall–Kier alpha value is -3.89. The van der Waals surface area contributed by atoms with Gasteiger partial charge in [0.1, 0.15) is 11.6 Å². The van der Waals surface area contributed by atoms with Crippen LogP contribution in [0.3, 0.4) is 0 Å². The van der Waals surface area contributed by atoms with Crippen molar-refractivity contribution in [2.75, 3.05) is 18.0 Å². The first-order valence-electron chi connectivity index (χ1n) is 11.7. The van der Waals surface area contributed by atoms with E-state index in [0.29, 0.717) is 17.9 Å². The highest BCUT2D eigenvalue weighted by molar-refractivity contribution is 5.56. The Bertz CT molecular complexity index is 1320. The molecular formula is C25H25F3N6O2. The van der Waals surface area contributed by atoms with Gasteiger partial charge >= 0.3 is 6.36 Å². The van der Waals surface area contributed by atoms with Crippen LogP contribution in [0.5, 0.6) is 5.75 Å². The highest BCUT2D eigenvalue weighted by atomic mass is 19.4. The van der Waals surface area contributed by atoms with Gasteiger partial charge in [-0.1, -0.05) is 19.1 Å². The van der Waals surface area contributed by atoms with Crippen LogP contribution in [-0.4, -0.2) is 44.4 Å². The van der Waals surface area contributed by atoms with Crippen LogP contribution in [-0.2, 0) is 6.54 Å². The summed E-state index contributed by atoms with van der Waals surface area (Å²) >= 11 is 0. The molecule has 0 atom stereocenters. The Labute approximate surface area is 205 Å². The first kappa shape index (κ1) is 23.8. The SMILES string of the molecule is Cc1nc(-c2nnc(-c3ccc(OC(F)(F)F)cc3)o2)nn1Cc1cccc(N2CCC(C)CC2)c1. The van der Waals surface area contributed by atoms with Crippen LogP contribution in [0, 0.1) is 12.8 Å². The fourth-order valence-electron chi connectivity index (χ4n) is 4.18. The molecule has 1 aliphatic rings. The Morgan fingerprint density at radius 2 is 1.75 bits per heavy atom. The molecule has 0 aliphatic carbocycles. The molecule has 1 fully saturated rings. The maximum atomic E-state index is 12.4. The number of nitrogens with zero attached hydrogens (tertiary/aromatic N) is 6. The summed E-state index contributed by atoms with van der Waals surface area (Å²) in [7, 11) is 0. The van der Waals surface area contributed by atoms with Crippen molar-refractivity contribution < 1.29 is 22.3 Å². The summed E-state index contributed by atoms with van der Waals surface area (Å²) in [4.78, 5) is 6.88. The predicted molar refractivity (Wildman–Crippen MR) is 126 cm³/mol. The molecule has 1 saturated heterocycles. The molecule has 11 heteroatoms. The monoisotopic (exact) mass is 498 g/mol. The van der Waals surface area contributed by atoms with E-state index in [0.717, 1.165) is 24.6 Å². The number of anilines is 1. The zero-order chi connectivity index (χ0) is 25.3. The normalized spacial score (nSPS) is 14.9. The second-order valence-electron chi connectivity index (χ2n) is 8.96. The molecule has 0 N–H and O–H groups in total. The lowest BCUT2D eigenvalue weighted by Gasteiger charge is -2.32. The van der Waals surface area contributed by atoms with Gasteiger partial charge in [0.2, 0.25) is 11.7 Å². The first-order chi connectivity index (χ1) is 17.2. The van der Waals surface area contributed by atoms with Gasteiger partial charge in [-0.15, -0.1) is 28.5 Å². The summed E-state index contributed by atoms with van der Waals surface area (Å²) in [6, 6.07) is 13.6. The molecule has 2 aromatic heterocycles. The van der Waals surface area contributed by atoms with Crippen molar-refractivity contribution in [1.82, 2.24) is 25.0 Å².